The largest absolute Gasteiger partial charge is 0.493 e. The van der Waals surface area contributed by atoms with Gasteiger partial charge < -0.3 is 14.4 Å². The lowest BCUT2D eigenvalue weighted by atomic mass is 10.1. The Bertz CT molecular complexity index is 815. The fraction of sp³-hybridized carbons (Fsp3) is 0.316. The van der Waals surface area contributed by atoms with Crippen LogP contribution in [-0.4, -0.2) is 37.3 Å². The van der Waals surface area contributed by atoms with E-state index in [1.807, 2.05) is 35.2 Å². The van der Waals surface area contributed by atoms with E-state index in [2.05, 4.69) is 0 Å². The molecule has 1 atom stereocenters. The smallest absolute Gasteiger partial charge is 0.233 e. The van der Waals surface area contributed by atoms with Crippen LogP contribution in [0.25, 0.3) is 0 Å². The first-order valence-electron chi connectivity index (χ1n) is 8.10. The Morgan fingerprint density at radius 2 is 1.85 bits per heavy atom. The number of benzene rings is 2. The van der Waals surface area contributed by atoms with E-state index in [4.69, 9.17) is 32.7 Å². The molecule has 0 aromatic heterocycles. The van der Waals surface area contributed by atoms with Crippen molar-refractivity contribution in [2.75, 3.05) is 26.5 Å². The molecule has 0 bridgehead atoms. The van der Waals surface area contributed by atoms with Crippen LogP contribution in [0, 0.1) is 0 Å². The van der Waals surface area contributed by atoms with Gasteiger partial charge in [0.25, 0.3) is 0 Å². The highest BCUT2D eigenvalue weighted by Gasteiger charge is 2.32. The molecular formula is C19H19Cl2NO3S. The topological polar surface area (TPSA) is 38.8 Å². The van der Waals surface area contributed by atoms with Crippen LogP contribution in [-0.2, 0) is 11.2 Å². The summed E-state index contributed by atoms with van der Waals surface area (Å²) in [5.74, 6) is 1.98. The summed E-state index contributed by atoms with van der Waals surface area (Å²) >= 11 is 13.8. The number of methoxy groups -OCH3 is 2. The lowest BCUT2D eigenvalue weighted by molar-refractivity contribution is -0.128. The lowest BCUT2D eigenvalue weighted by Gasteiger charge is -2.24. The van der Waals surface area contributed by atoms with Crippen molar-refractivity contribution in [1.82, 2.24) is 4.90 Å². The van der Waals surface area contributed by atoms with Gasteiger partial charge in [0, 0.05) is 6.54 Å². The zero-order valence-corrected chi connectivity index (χ0v) is 16.8. The summed E-state index contributed by atoms with van der Waals surface area (Å²) in [5.41, 5.74) is 2.07. The predicted octanol–water partition coefficient (Wildman–Crippen LogP) is 4.83. The molecule has 0 N–H and O–H groups in total. The van der Waals surface area contributed by atoms with Crippen LogP contribution in [0.15, 0.2) is 36.4 Å². The van der Waals surface area contributed by atoms with Gasteiger partial charge in [-0.25, -0.2) is 0 Å². The highest BCUT2D eigenvalue weighted by molar-refractivity contribution is 8.00. The number of rotatable bonds is 6. The molecule has 1 amide bonds. The molecule has 2 aromatic rings. The van der Waals surface area contributed by atoms with Gasteiger partial charge in [0.2, 0.25) is 5.91 Å². The van der Waals surface area contributed by atoms with Gasteiger partial charge in [-0.3, -0.25) is 4.79 Å². The predicted molar refractivity (Wildman–Crippen MR) is 107 cm³/mol. The maximum atomic E-state index is 12.4. The number of ether oxygens (including phenoxy) is 2. The van der Waals surface area contributed by atoms with Crippen LogP contribution >= 0.6 is 35.0 Å². The van der Waals surface area contributed by atoms with Gasteiger partial charge in [0.1, 0.15) is 5.37 Å². The van der Waals surface area contributed by atoms with Crippen LogP contribution in [0.2, 0.25) is 10.0 Å². The molecule has 2 aromatic carbocycles. The molecule has 1 aliphatic rings. The van der Waals surface area contributed by atoms with Gasteiger partial charge in [-0.1, -0.05) is 35.3 Å². The molecule has 138 valence electrons. The molecule has 1 aliphatic heterocycles. The van der Waals surface area contributed by atoms with Crippen molar-refractivity contribution in [3.63, 3.8) is 0 Å². The Kier molecular flexibility index (Phi) is 6.22. The van der Waals surface area contributed by atoms with Crippen LogP contribution in [0.5, 0.6) is 11.5 Å². The van der Waals surface area contributed by atoms with Crippen molar-refractivity contribution in [3.05, 3.63) is 57.6 Å². The van der Waals surface area contributed by atoms with E-state index in [-0.39, 0.29) is 11.3 Å². The van der Waals surface area contributed by atoms with E-state index >= 15 is 0 Å². The van der Waals surface area contributed by atoms with Crippen molar-refractivity contribution in [2.45, 2.75) is 11.8 Å². The molecule has 0 aliphatic carbocycles. The number of carbonyl (C=O) groups is 1. The van der Waals surface area contributed by atoms with Crippen LogP contribution in [0.4, 0.5) is 0 Å². The number of hydrogen-bond donors (Lipinski definition) is 0. The van der Waals surface area contributed by atoms with Crippen molar-refractivity contribution in [1.29, 1.82) is 0 Å². The van der Waals surface area contributed by atoms with E-state index in [1.54, 1.807) is 32.0 Å². The second kappa shape index (κ2) is 8.42. The summed E-state index contributed by atoms with van der Waals surface area (Å²) < 4.78 is 10.6. The second-order valence-corrected chi connectivity index (χ2v) is 7.75. The van der Waals surface area contributed by atoms with Gasteiger partial charge >= 0.3 is 0 Å². The van der Waals surface area contributed by atoms with E-state index in [9.17, 15) is 4.79 Å². The Balaban J connectivity index is 1.75. The number of halogens is 2. The summed E-state index contributed by atoms with van der Waals surface area (Å²) in [6.07, 6.45) is 0.727. The summed E-state index contributed by atoms with van der Waals surface area (Å²) in [5, 5.41) is 0.975. The number of nitrogens with zero attached hydrogens (tertiary/aromatic N) is 1. The van der Waals surface area contributed by atoms with Crippen LogP contribution < -0.4 is 9.47 Å². The molecular weight excluding hydrogens is 393 g/mol. The summed E-state index contributed by atoms with van der Waals surface area (Å²) in [7, 11) is 3.22. The molecule has 7 heteroatoms. The van der Waals surface area contributed by atoms with Gasteiger partial charge in [0.05, 0.1) is 30.0 Å². The molecule has 26 heavy (non-hydrogen) atoms. The SMILES string of the molecule is COc1ccc(CCN2C(=O)CSC2c2ccc(Cl)c(Cl)c2)cc1OC. The van der Waals surface area contributed by atoms with E-state index < -0.39 is 0 Å². The molecule has 4 nitrogen and oxygen atoms in total. The standard InChI is InChI=1S/C19H19Cl2NO3S/c1-24-16-6-3-12(9-17(16)25-2)7-8-22-18(23)11-26-19(22)13-4-5-14(20)15(21)10-13/h3-6,9-10,19H,7-8,11H2,1-2H3. The highest BCUT2D eigenvalue weighted by atomic mass is 35.5. The van der Waals surface area contributed by atoms with Gasteiger partial charge in [-0.05, 0) is 41.8 Å². The fourth-order valence-electron chi connectivity index (χ4n) is 2.92. The Morgan fingerprint density at radius 3 is 2.54 bits per heavy atom. The minimum atomic E-state index is -0.0441. The normalized spacial score (nSPS) is 16.8. The quantitative estimate of drug-likeness (QED) is 0.682. The first kappa shape index (κ1) is 19.2. The molecule has 1 unspecified atom stereocenters. The zero-order valence-electron chi connectivity index (χ0n) is 14.5. The third kappa shape index (κ3) is 4.05. The maximum Gasteiger partial charge on any atom is 0.233 e. The lowest BCUT2D eigenvalue weighted by Crippen LogP contribution is -2.30. The molecule has 1 heterocycles. The van der Waals surface area contributed by atoms with Gasteiger partial charge in [-0.2, -0.15) is 0 Å². The molecule has 0 saturated carbocycles. The molecule has 3 rings (SSSR count). The highest BCUT2D eigenvalue weighted by Crippen LogP contribution is 2.40. The van der Waals surface area contributed by atoms with Crippen molar-refractivity contribution < 1.29 is 14.3 Å². The Morgan fingerprint density at radius 1 is 1.08 bits per heavy atom. The van der Waals surface area contributed by atoms with Gasteiger partial charge in [0.15, 0.2) is 11.5 Å². The minimum Gasteiger partial charge on any atom is -0.493 e. The van der Waals surface area contributed by atoms with Crippen molar-refractivity contribution >= 4 is 40.9 Å². The number of hydrogen-bond acceptors (Lipinski definition) is 4. The number of amides is 1. The third-order valence-corrected chi connectivity index (χ3v) is 6.28. The van der Waals surface area contributed by atoms with Crippen molar-refractivity contribution in [2.24, 2.45) is 0 Å². The monoisotopic (exact) mass is 411 g/mol. The summed E-state index contributed by atoms with van der Waals surface area (Å²) in [4.78, 5) is 14.2. The molecule has 0 spiro atoms. The van der Waals surface area contributed by atoms with E-state index in [1.165, 1.54) is 0 Å². The molecule has 1 fully saturated rings. The summed E-state index contributed by atoms with van der Waals surface area (Å²) in [6, 6.07) is 11.3. The van der Waals surface area contributed by atoms with E-state index in [0.29, 0.717) is 33.8 Å². The fourth-order valence-corrected chi connectivity index (χ4v) is 4.44. The van der Waals surface area contributed by atoms with E-state index in [0.717, 1.165) is 17.5 Å². The molecule has 0 radical (unpaired) electrons. The number of carbonyl (C=O) groups excluding carboxylic acids is 1. The second-order valence-electron chi connectivity index (χ2n) is 5.86. The summed E-state index contributed by atoms with van der Waals surface area (Å²) in [6.45, 7) is 0.617. The Labute approximate surface area is 167 Å². The first-order chi connectivity index (χ1) is 12.5. The average Bonchev–Trinajstić information content (AvgIpc) is 3.02. The van der Waals surface area contributed by atoms with Gasteiger partial charge in [-0.15, -0.1) is 11.8 Å². The maximum absolute atomic E-state index is 12.4. The van der Waals surface area contributed by atoms with Crippen LogP contribution in [0.1, 0.15) is 16.5 Å². The Hall–Kier alpha value is -1.56. The van der Waals surface area contributed by atoms with Crippen molar-refractivity contribution in [3.8, 4) is 11.5 Å². The van der Waals surface area contributed by atoms with Crippen LogP contribution in [0.3, 0.4) is 0 Å². The minimum absolute atomic E-state index is 0.0441. The average molecular weight is 412 g/mol. The third-order valence-electron chi connectivity index (χ3n) is 4.29. The first-order valence-corrected chi connectivity index (χ1v) is 9.91. The molecule has 1 saturated heterocycles. The zero-order chi connectivity index (χ0) is 18.7. The number of thioether (sulfide) groups is 1.